The number of piperidine rings is 1. The Bertz CT molecular complexity index is 1050. The first kappa shape index (κ1) is 21.5. The molecule has 10 heteroatoms. The molecule has 0 radical (unpaired) electrons. The Morgan fingerprint density at radius 1 is 1.09 bits per heavy atom. The molecule has 2 saturated heterocycles. The van der Waals surface area contributed by atoms with Crippen molar-refractivity contribution in [2.24, 2.45) is 5.92 Å². The van der Waals surface area contributed by atoms with Crippen molar-refractivity contribution in [2.75, 3.05) is 26.2 Å². The molecular formula is C22H28N4O5S. The summed E-state index contributed by atoms with van der Waals surface area (Å²) in [6.07, 6.45) is 5.30. The first-order valence-corrected chi connectivity index (χ1v) is 12.8. The number of aromatic nitrogens is 2. The number of benzene rings is 1. The van der Waals surface area contributed by atoms with Crippen molar-refractivity contribution >= 4 is 15.9 Å². The summed E-state index contributed by atoms with van der Waals surface area (Å²) in [5.74, 6) is 1.33. The van der Waals surface area contributed by atoms with Crippen LogP contribution in [-0.2, 0) is 19.6 Å². The molecule has 1 atom stereocenters. The van der Waals surface area contributed by atoms with E-state index in [-0.39, 0.29) is 22.8 Å². The molecule has 2 aromatic rings. The van der Waals surface area contributed by atoms with Gasteiger partial charge >= 0.3 is 0 Å². The highest BCUT2D eigenvalue weighted by atomic mass is 32.2. The average Bonchev–Trinajstić information content (AvgIpc) is 3.32. The maximum atomic E-state index is 13.1. The number of amides is 1. The van der Waals surface area contributed by atoms with Crippen LogP contribution in [0, 0.1) is 5.92 Å². The zero-order valence-electron chi connectivity index (χ0n) is 17.9. The molecule has 1 aromatic heterocycles. The van der Waals surface area contributed by atoms with Crippen LogP contribution >= 0.6 is 0 Å². The standard InChI is InChI=1S/C22H28N4O5S/c27-21(23-14-18-2-1-13-30-18)16-9-11-26(12-10-16)32(28,29)19-7-5-15(6-8-19)20-24-22(31-25-20)17-3-4-17/h5-8,16-18H,1-4,9-14H2,(H,23,27). The quantitative estimate of drug-likeness (QED) is 0.674. The van der Waals surface area contributed by atoms with Crippen LogP contribution in [-0.4, -0.2) is 61.1 Å². The molecule has 3 fully saturated rings. The highest BCUT2D eigenvalue weighted by Gasteiger charge is 2.33. The molecule has 1 aliphatic carbocycles. The fraction of sp³-hybridized carbons (Fsp3) is 0.591. The van der Waals surface area contributed by atoms with Crippen LogP contribution in [0.25, 0.3) is 11.4 Å². The summed E-state index contributed by atoms with van der Waals surface area (Å²) in [4.78, 5) is 17.1. The summed E-state index contributed by atoms with van der Waals surface area (Å²) < 4.78 is 38.4. The summed E-state index contributed by atoms with van der Waals surface area (Å²) in [6, 6.07) is 6.58. The second kappa shape index (κ2) is 8.92. The number of carbonyl (C=O) groups is 1. The van der Waals surface area contributed by atoms with Crippen molar-refractivity contribution in [1.29, 1.82) is 0 Å². The average molecular weight is 461 g/mol. The molecule has 1 N–H and O–H groups in total. The Kier molecular flexibility index (Phi) is 6.00. The van der Waals surface area contributed by atoms with Crippen molar-refractivity contribution in [3.8, 4) is 11.4 Å². The predicted octanol–water partition coefficient (Wildman–Crippen LogP) is 2.31. The zero-order chi connectivity index (χ0) is 22.1. The fourth-order valence-corrected chi connectivity index (χ4v) is 5.77. The van der Waals surface area contributed by atoms with Crippen LogP contribution in [0.3, 0.4) is 0 Å². The summed E-state index contributed by atoms with van der Waals surface area (Å²) in [7, 11) is -3.62. The molecule has 0 bridgehead atoms. The third-order valence-corrected chi connectivity index (χ3v) is 8.38. The van der Waals surface area contributed by atoms with Gasteiger partial charge in [-0.3, -0.25) is 4.79 Å². The molecular weight excluding hydrogens is 432 g/mol. The molecule has 9 nitrogen and oxygen atoms in total. The summed E-state index contributed by atoms with van der Waals surface area (Å²) in [5.41, 5.74) is 0.723. The predicted molar refractivity (Wildman–Crippen MR) is 115 cm³/mol. The van der Waals surface area contributed by atoms with Gasteiger partial charge in [-0.05, 0) is 62.8 Å². The van der Waals surface area contributed by atoms with Crippen molar-refractivity contribution < 1.29 is 22.5 Å². The molecule has 1 unspecified atom stereocenters. The smallest absolute Gasteiger partial charge is 0.243 e. The third-order valence-electron chi connectivity index (χ3n) is 6.47. The van der Waals surface area contributed by atoms with Gasteiger partial charge in [-0.15, -0.1) is 0 Å². The van der Waals surface area contributed by atoms with E-state index < -0.39 is 10.0 Å². The third kappa shape index (κ3) is 4.57. The van der Waals surface area contributed by atoms with E-state index in [4.69, 9.17) is 9.26 Å². The first-order valence-electron chi connectivity index (χ1n) is 11.3. The Balaban J connectivity index is 1.17. The summed E-state index contributed by atoms with van der Waals surface area (Å²) in [5, 5.41) is 6.97. The fourth-order valence-electron chi connectivity index (χ4n) is 4.30. The van der Waals surface area contributed by atoms with E-state index in [1.807, 2.05) is 0 Å². The molecule has 3 heterocycles. The van der Waals surface area contributed by atoms with Gasteiger partial charge in [-0.25, -0.2) is 8.42 Å². The van der Waals surface area contributed by atoms with Gasteiger partial charge in [-0.2, -0.15) is 9.29 Å². The Morgan fingerprint density at radius 2 is 1.84 bits per heavy atom. The van der Waals surface area contributed by atoms with Gasteiger partial charge in [0.05, 0.1) is 11.0 Å². The van der Waals surface area contributed by atoms with Crippen LogP contribution in [0.4, 0.5) is 0 Å². The Labute approximate surface area is 187 Å². The lowest BCUT2D eigenvalue weighted by molar-refractivity contribution is -0.126. The van der Waals surface area contributed by atoms with Gasteiger partial charge in [-0.1, -0.05) is 5.16 Å². The number of sulfonamides is 1. The monoisotopic (exact) mass is 460 g/mol. The van der Waals surface area contributed by atoms with Crippen molar-refractivity contribution in [2.45, 2.75) is 55.4 Å². The van der Waals surface area contributed by atoms with E-state index in [0.717, 1.165) is 37.9 Å². The van der Waals surface area contributed by atoms with Gasteiger partial charge < -0.3 is 14.6 Å². The number of ether oxygens (including phenoxy) is 1. The lowest BCUT2D eigenvalue weighted by atomic mass is 9.97. The minimum atomic E-state index is -3.62. The molecule has 2 aliphatic heterocycles. The van der Waals surface area contributed by atoms with Gasteiger partial charge in [0.25, 0.3) is 0 Å². The first-order chi connectivity index (χ1) is 15.5. The Hall–Kier alpha value is -2.30. The van der Waals surface area contributed by atoms with Crippen molar-refractivity contribution in [1.82, 2.24) is 19.8 Å². The molecule has 1 aromatic carbocycles. The number of hydrogen-bond acceptors (Lipinski definition) is 7. The molecule has 3 aliphatic rings. The second-order valence-corrected chi connectivity index (χ2v) is 10.8. The van der Waals surface area contributed by atoms with Crippen LogP contribution in [0.2, 0.25) is 0 Å². The number of hydrogen-bond donors (Lipinski definition) is 1. The van der Waals surface area contributed by atoms with Gasteiger partial charge in [0.2, 0.25) is 27.6 Å². The minimum absolute atomic E-state index is 0.00687. The van der Waals surface area contributed by atoms with Gasteiger partial charge in [0.1, 0.15) is 0 Å². The minimum Gasteiger partial charge on any atom is -0.376 e. The van der Waals surface area contributed by atoms with Crippen LogP contribution < -0.4 is 5.32 Å². The molecule has 0 spiro atoms. The van der Waals surface area contributed by atoms with E-state index in [1.165, 1.54) is 4.31 Å². The van der Waals surface area contributed by atoms with E-state index in [9.17, 15) is 13.2 Å². The van der Waals surface area contributed by atoms with Crippen LogP contribution in [0.5, 0.6) is 0 Å². The molecule has 172 valence electrons. The van der Waals surface area contributed by atoms with E-state index in [0.29, 0.717) is 50.1 Å². The Morgan fingerprint density at radius 3 is 2.50 bits per heavy atom. The zero-order valence-corrected chi connectivity index (χ0v) is 18.7. The molecule has 5 rings (SSSR count). The lowest BCUT2D eigenvalue weighted by Gasteiger charge is -2.30. The SMILES string of the molecule is O=C(NCC1CCCO1)C1CCN(S(=O)(=O)c2ccc(-c3noc(C4CC4)n3)cc2)CC1. The van der Waals surface area contributed by atoms with Gasteiger partial charge in [0.15, 0.2) is 0 Å². The maximum absolute atomic E-state index is 13.1. The summed E-state index contributed by atoms with van der Waals surface area (Å²) in [6.45, 7) is 1.95. The molecule has 1 amide bonds. The van der Waals surface area contributed by atoms with E-state index in [2.05, 4.69) is 15.5 Å². The number of nitrogens with one attached hydrogen (secondary N) is 1. The number of nitrogens with zero attached hydrogens (tertiary/aromatic N) is 3. The van der Waals surface area contributed by atoms with Crippen LogP contribution in [0.1, 0.15) is 50.3 Å². The summed E-state index contributed by atoms with van der Waals surface area (Å²) >= 11 is 0. The largest absolute Gasteiger partial charge is 0.376 e. The normalized spacial score (nSPS) is 22.8. The lowest BCUT2D eigenvalue weighted by Crippen LogP contribution is -2.44. The number of rotatable bonds is 7. The van der Waals surface area contributed by atoms with Crippen LogP contribution in [0.15, 0.2) is 33.7 Å². The van der Waals surface area contributed by atoms with Crippen molar-refractivity contribution in [3.63, 3.8) is 0 Å². The van der Waals surface area contributed by atoms with Crippen molar-refractivity contribution in [3.05, 3.63) is 30.2 Å². The second-order valence-electron chi connectivity index (χ2n) is 8.81. The molecule has 32 heavy (non-hydrogen) atoms. The van der Waals surface area contributed by atoms with E-state index in [1.54, 1.807) is 24.3 Å². The van der Waals surface area contributed by atoms with Gasteiger partial charge in [0, 0.05) is 43.6 Å². The number of carbonyl (C=O) groups excluding carboxylic acids is 1. The van der Waals surface area contributed by atoms with E-state index >= 15 is 0 Å². The highest BCUT2D eigenvalue weighted by molar-refractivity contribution is 7.89. The molecule has 1 saturated carbocycles. The highest BCUT2D eigenvalue weighted by Crippen LogP contribution is 2.39. The maximum Gasteiger partial charge on any atom is 0.243 e. The topological polar surface area (TPSA) is 115 Å².